The van der Waals surface area contributed by atoms with Gasteiger partial charge in [0.2, 0.25) is 5.91 Å². The molecule has 0 radical (unpaired) electrons. The van der Waals surface area contributed by atoms with Crippen LogP contribution >= 0.6 is 0 Å². The third-order valence-corrected chi connectivity index (χ3v) is 16.0. The molecule has 12 atom stereocenters. The van der Waals surface area contributed by atoms with Gasteiger partial charge in [0.05, 0.1) is 32.0 Å². The van der Waals surface area contributed by atoms with Crippen molar-refractivity contribution in [2.75, 3.05) is 19.8 Å². The van der Waals surface area contributed by atoms with Crippen LogP contribution in [0.4, 0.5) is 0 Å². The lowest BCUT2D eigenvalue weighted by atomic mass is 9.97. The van der Waals surface area contributed by atoms with E-state index in [0.717, 1.165) is 70.6 Å². The molecule has 12 unspecified atom stereocenters. The van der Waals surface area contributed by atoms with E-state index in [0.29, 0.717) is 12.8 Å². The molecule has 0 saturated carbocycles. The number of aliphatic hydroxyl groups excluding tert-OH is 8. The number of hydrogen-bond donors (Lipinski definition) is 9. The summed E-state index contributed by atoms with van der Waals surface area (Å²) < 4.78 is 22.8. The van der Waals surface area contributed by atoms with E-state index in [4.69, 9.17) is 18.9 Å². The van der Waals surface area contributed by atoms with Crippen LogP contribution in [-0.4, -0.2) is 140 Å². The number of nitrogens with one attached hydrogen (secondary N) is 1. The van der Waals surface area contributed by atoms with Crippen LogP contribution in [-0.2, 0) is 23.7 Å². The summed E-state index contributed by atoms with van der Waals surface area (Å²) in [5.41, 5.74) is 0. The molecule has 2 heterocycles. The predicted molar refractivity (Wildman–Crippen MR) is 341 cm³/mol. The lowest BCUT2D eigenvalue weighted by molar-refractivity contribution is -0.359. The summed E-state index contributed by atoms with van der Waals surface area (Å²) in [6, 6.07) is -0.944. The Labute approximate surface area is 510 Å². The molecule has 0 bridgehead atoms. The van der Waals surface area contributed by atoms with Gasteiger partial charge in [-0.15, -0.1) is 0 Å². The quantitative estimate of drug-likeness (QED) is 0.0204. The number of carbonyl (C=O) groups is 1. The molecule has 9 N–H and O–H groups in total. The number of ether oxygens (including phenoxy) is 4. The Bertz CT molecular complexity index is 1730. The molecule has 2 rings (SSSR count). The minimum Gasteiger partial charge on any atom is -0.394 e. The van der Waals surface area contributed by atoms with Gasteiger partial charge in [0.1, 0.15) is 48.8 Å². The van der Waals surface area contributed by atoms with E-state index in [9.17, 15) is 45.6 Å². The van der Waals surface area contributed by atoms with Gasteiger partial charge in [-0.25, -0.2) is 0 Å². The first-order chi connectivity index (χ1) is 41.1. The molecule has 0 aromatic heterocycles. The summed E-state index contributed by atoms with van der Waals surface area (Å²) in [6.45, 7) is 2.68. The van der Waals surface area contributed by atoms with Crippen molar-refractivity contribution >= 4 is 5.91 Å². The highest BCUT2D eigenvalue weighted by Crippen LogP contribution is 2.30. The average molecular weight is 1190 g/mol. The first kappa shape index (κ1) is 77.3. The number of allylic oxidation sites excluding steroid dienone is 13. The Hall–Kier alpha value is -2.83. The van der Waals surface area contributed by atoms with E-state index in [-0.39, 0.29) is 18.9 Å². The summed E-state index contributed by atoms with van der Waals surface area (Å²) in [6.07, 6.45) is 57.7. The first-order valence-electron chi connectivity index (χ1n) is 33.8. The molecule has 486 valence electrons. The topological polar surface area (TPSA) is 228 Å². The predicted octanol–water partition coefficient (Wildman–Crippen LogP) is 13.2. The lowest BCUT2D eigenvalue weighted by Gasteiger charge is -2.46. The van der Waals surface area contributed by atoms with Crippen molar-refractivity contribution in [3.05, 3.63) is 85.1 Å². The first-order valence-corrected chi connectivity index (χ1v) is 33.8. The highest BCUT2D eigenvalue weighted by molar-refractivity contribution is 5.76. The van der Waals surface area contributed by atoms with E-state index in [1.54, 1.807) is 6.08 Å². The monoisotopic (exact) mass is 1190 g/mol. The lowest BCUT2D eigenvalue weighted by Crippen LogP contribution is -2.65. The van der Waals surface area contributed by atoms with Crippen LogP contribution in [0.25, 0.3) is 0 Å². The second-order valence-corrected chi connectivity index (χ2v) is 23.5. The smallest absolute Gasteiger partial charge is 0.220 e. The number of unbranched alkanes of at least 4 members (excludes halogenated alkanes) is 29. The molecule has 0 aliphatic carbocycles. The zero-order valence-corrected chi connectivity index (χ0v) is 52.6. The van der Waals surface area contributed by atoms with E-state index >= 15 is 0 Å². The fourth-order valence-corrected chi connectivity index (χ4v) is 10.7. The van der Waals surface area contributed by atoms with Gasteiger partial charge in [-0.05, 0) is 83.5 Å². The van der Waals surface area contributed by atoms with E-state index in [1.807, 2.05) is 6.08 Å². The van der Waals surface area contributed by atoms with Crippen LogP contribution in [0.1, 0.15) is 258 Å². The maximum absolute atomic E-state index is 13.3. The van der Waals surface area contributed by atoms with Crippen molar-refractivity contribution < 1.29 is 64.6 Å². The van der Waals surface area contributed by atoms with Gasteiger partial charge < -0.3 is 65.1 Å². The highest BCUT2D eigenvalue weighted by atomic mass is 16.7. The molecular formula is C70H123NO13. The number of aliphatic hydroxyl groups is 8. The number of amides is 1. The van der Waals surface area contributed by atoms with Crippen molar-refractivity contribution in [1.82, 2.24) is 5.32 Å². The Kier molecular flexibility index (Phi) is 50.0. The third-order valence-electron chi connectivity index (χ3n) is 16.0. The standard InChI is InChI=1S/C70H123NO13/c1-3-5-7-9-11-13-15-17-19-21-23-25-27-28-29-30-32-34-36-38-40-42-44-46-48-50-52-54-62(75)71-58(57-81-69-67(80)65(78)68(61(56-73)83-69)84-70-66(79)64(77)63(76)60(55-72)82-70)59(74)53-51-49-47-45-43-41-39-37-35-33-31-26-24-22-20-18-16-14-12-10-8-6-4-2/h5,7,11,13,17,19,23,25,35,37,43,45,51,53,58-61,63-70,72-74,76-80H,3-4,6,8-10,12,14-16,18,20-22,24,26-34,36,38-42,44,46-50,52,54-57H2,1-2H3,(H,71,75)/b7-5-,13-11-,19-17-,25-23-,37-35+,45-43+,53-51+. The third kappa shape index (κ3) is 38.4. The summed E-state index contributed by atoms with van der Waals surface area (Å²) in [7, 11) is 0. The molecule has 14 heteroatoms. The van der Waals surface area contributed by atoms with E-state index in [1.165, 1.54) is 154 Å². The van der Waals surface area contributed by atoms with Crippen molar-refractivity contribution in [3.63, 3.8) is 0 Å². The zero-order chi connectivity index (χ0) is 60.9. The number of carbonyl (C=O) groups excluding carboxylic acids is 1. The molecule has 14 nitrogen and oxygen atoms in total. The zero-order valence-electron chi connectivity index (χ0n) is 52.6. The Morgan fingerprint density at radius 3 is 1.31 bits per heavy atom. The van der Waals surface area contributed by atoms with Gasteiger partial charge in [-0.2, -0.15) is 0 Å². The fraction of sp³-hybridized carbons (Fsp3) is 0.786. The van der Waals surface area contributed by atoms with Crippen LogP contribution in [0.2, 0.25) is 0 Å². The van der Waals surface area contributed by atoms with Crippen molar-refractivity contribution in [2.45, 2.75) is 331 Å². The Morgan fingerprint density at radius 2 is 0.833 bits per heavy atom. The summed E-state index contributed by atoms with van der Waals surface area (Å²) in [4.78, 5) is 13.3. The minimum atomic E-state index is -1.80. The fourth-order valence-electron chi connectivity index (χ4n) is 10.7. The second kappa shape index (κ2) is 54.3. The van der Waals surface area contributed by atoms with Crippen LogP contribution < -0.4 is 5.32 Å². The van der Waals surface area contributed by atoms with Gasteiger partial charge in [-0.3, -0.25) is 4.79 Å². The molecule has 2 fully saturated rings. The number of hydrogen-bond acceptors (Lipinski definition) is 13. The normalized spacial score (nSPS) is 24.2. The molecule has 2 saturated heterocycles. The van der Waals surface area contributed by atoms with Crippen molar-refractivity contribution in [3.8, 4) is 0 Å². The summed E-state index contributed by atoms with van der Waals surface area (Å²) in [5, 5.41) is 87.3. The summed E-state index contributed by atoms with van der Waals surface area (Å²) >= 11 is 0. The van der Waals surface area contributed by atoms with Crippen LogP contribution in [0.5, 0.6) is 0 Å². The molecule has 0 aromatic carbocycles. The van der Waals surface area contributed by atoms with Gasteiger partial charge in [0, 0.05) is 6.42 Å². The average Bonchev–Trinajstić information content (AvgIpc) is 3.62. The molecular weight excluding hydrogens is 1060 g/mol. The van der Waals surface area contributed by atoms with Crippen LogP contribution in [0.15, 0.2) is 85.1 Å². The SMILES string of the molecule is CC/C=C\C/C=C\C/C=C\C/C=C\CCCCCCCCCCCCCCCCC(=O)NC(COC1OC(CO)C(OC2OC(CO)C(O)C(O)C2O)C(O)C1O)C(O)/C=C/CC/C=C/CC/C=C/CCCCCCCCCCCCCCC. The minimum absolute atomic E-state index is 0.255. The van der Waals surface area contributed by atoms with Gasteiger partial charge >= 0.3 is 0 Å². The van der Waals surface area contributed by atoms with Gasteiger partial charge in [-0.1, -0.05) is 253 Å². The highest BCUT2D eigenvalue weighted by Gasteiger charge is 2.51. The van der Waals surface area contributed by atoms with Crippen LogP contribution in [0, 0.1) is 0 Å². The Balaban J connectivity index is 1.72. The molecule has 84 heavy (non-hydrogen) atoms. The molecule has 2 aliphatic rings. The Morgan fingerprint density at radius 1 is 0.440 bits per heavy atom. The van der Waals surface area contributed by atoms with Gasteiger partial charge in [0.25, 0.3) is 0 Å². The van der Waals surface area contributed by atoms with E-state index in [2.05, 4.69) is 92.1 Å². The molecule has 1 amide bonds. The largest absolute Gasteiger partial charge is 0.394 e. The maximum Gasteiger partial charge on any atom is 0.220 e. The molecule has 2 aliphatic heterocycles. The molecule has 0 spiro atoms. The molecule has 0 aromatic rings. The van der Waals surface area contributed by atoms with Crippen LogP contribution in [0.3, 0.4) is 0 Å². The number of rotatable bonds is 54. The van der Waals surface area contributed by atoms with Gasteiger partial charge in [0.15, 0.2) is 12.6 Å². The maximum atomic E-state index is 13.3. The second-order valence-electron chi connectivity index (χ2n) is 23.5. The van der Waals surface area contributed by atoms with Crippen molar-refractivity contribution in [2.24, 2.45) is 0 Å². The van der Waals surface area contributed by atoms with Crippen molar-refractivity contribution in [1.29, 1.82) is 0 Å². The summed E-state index contributed by atoms with van der Waals surface area (Å²) in [5.74, 6) is -0.255. The van der Waals surface area contributed by atoms with E-state index < -0.39 is 86.8 Å².